The number of allylic oxidation sites excluding steroid dienone is 2. The van der Waals surface area contributed by atoms with Crippen molar-refractivity contribution in [1.82, 2.24) is 4.90 Å². The Labute approximate surface area is 203 Å². The number of ketones is 1. The standard InChI is InChI=1S/C20H36N2O6S.Na/c1-2-3-4-5-6-7-8-9-10-11-19(25)20-21(14-15-23)12-13-22(20)16-18(24)17-29(26,27)28;/h5-6,18,23-24H,2-4,7-17H2,1H3;/q;+1/b6-5+;. The molecule has 1 aliphatic rings. The topological polar surface area (TPSA) is 121 Å². The third-order valence-corrected chi connectivity index (χ3v) is 5.64. The molecule has 0 aromatic rings. The van der Waals surface area contributed by atoms with Crippen molar-refractivity contribution in [2.24, 2.45) is 0 Å². The molecule has 10 heteroatoms. The Morgan fingerprint density at radius 2 is 1.90 bits per heavy atom. The van der Waals surface area contributed by atoms with E-state index >= 15 is 0 Å². The summed E-state index contributed by atoms with van der Waals surface area (Å²) in [5, 5.41) is 19.1. The summed E-state index contributed by atoms with van der Waals surface area (Å²) in [4.78, 5) is 14.5. The van der Waals surface area contributed by atoms with Gasteiger partial charge in [0.2, 0.25) is 5.78 Å². The molecule has 1 unspecified atom stereocenters. The van der Waals surface area contributed by atoms with E-state index in [1.54, 1.807) is 9.48 Å². The Hall–Kier alpha value is -0.290. The van der Waals surface area contributed by atoms with E-state index in [0.717, 1.165) is 32.1 Å². The van der Waals surface area contributed by atoms with Gasteiger partial charge in [0, 0.05) is 6.42 Å². The van der Waals surface area contributed by atoms with Crippen molar-refractivity contribution in [3.8, 4) is 0 Å². The zero-order valence-electron chi connectivity index (χ0n) is 18.5. The second-order valence-electron chi connectivity index (χ2n) is 7.49. The Morgan fingerprint density at radius 3 is 2.50 bits per heavy atom. The Morgan fingerprint density at radius 1 is 1.23 bits per heavy atom. The fourth-order valence-corrected chi connectivity index (χ4v) is 4.04. The van der Waals surface area contributed by atoms with E-state index in [9.17, 15) is 28.0 Å². The van der Waals surface area contributed by atoms with Gasteiger partial charge in [-0.3, -0.25) is 14.3 Å². The van der Waals surface area contributed by atoms with Crippen molar-refractivity contribution < 1.29 is 62.1 Å². The van der Waals surface area contributed by atoms with Gasteiger partial charge in [0.25, 0.3) is 0 Å². The van der Waals surface area contributed by atoms with Crippen LogP contribution >= 0.6 is 0 Å². The molecule has 0 fully saturated rings. The molecular formula is C20H36N2NaO6S+. The van der Waals surface area contributed by atoms with E-state index in [0.29, 0.717) is 31.9 Å². The van der Waals surface area contributed by atoms with Crippen molar-refractivity contribution in [3.05, 3.63) is 12.2 Å². The van der Waals surface area contributed by atoms with Gasteiger partial charge in [0.05, 0.1) is 22.5 Å². The fourth-order valence-electron chi connectivity index (χ4n) is 3.46. The predicted octanol–water partition coefficient (Wildman–Crippen LogP) is -2.12. The Bertz CT molecular complexity index is 666. The van der Waals surface area contributed by atoms with Gasteiger partial charge in [-0.1, -0.05) is 38.3 Å². The van der Waals surface area contributed by atoms with Gasteiger partial charge in [0.1, 0.15) is 32.3 Å². The molecule has 0 spiro atoms. The van der Waals surface area contributed by atoms with Gasteiger partial charge < -0.3 is 14.8 Å². The molecule has 0 aliphatic carbocycles. The molecule has 1 heterocycles. The second kappa shape index (κ2) is 16.4. The number of aliphatic hydroxyl groups excluding tert-OH is 2. The number of hydrogen-bond donors (Lipinski definition) is 2. The zero-order valence-corrected chi connectivity index (χ0v) is 21.3. The second-order valence-corrected chi connectivity index (χ2v) is 8.94. The van der Waals surface area contributed by atoms with E-state index in [2.05, 4.69) is 19.1 Å². The maximum absolute atomic E-state index is 12.7. The van der Waals surface area contributed by atoms with Crippen LogP contribution in [-0.2, 0) is 14.9 Å². The van der Waals surface area contributed by atoms with Crippen molar-refractivity contribution in [2.75, 3.05) is 38.5 Å². The molecular weight excluding hydrogens is 419 g/mol. The first-order valence-corrected chi connectivity index (χ1v) is 12.1. The maximum atomic E-state index is 12.7. The van der Waals surface area contributed by atoms with Crippen LogP contribution in [0.5, 0.6) is 0 Å². The number of β-amino-alcohol motifs (C(OH)–C–C–N with tert-alkyl or cyclic N) is 2. The normalized spacial score (nSPS) is 15.7. The van der Waals surface area contributed by atoms with Gasteiger partial charge in [-0.2, -0.15) is 0 Å². The third kappa shape index (κ3) is 12.5. The number of rotatable bonds is 16. The van der Waals surface area contributed by atoms with Crippen LogP contribution in [0.4, 0.5) is 0 Å². The molecule has 30 heavy (non-hydrogen) atoms. The summed E-state index contributed by atoms with van der Waals surface area (Å²) in [7, 11) is -4.54. The van der Waals surface area contributed by atoms with Gasteiger partial charge >= 0.3 is 35.4 Å². The number of carbonyl (C=O) groups excluding carboxylic acids is 1. The van der Waals surface area contributed by atoms with E-state index in [-0.39, 0.29) is 48.5 Å². The van der Waals surface area contributed by atoms with Crippen LogP contribution in [0.3, 0.4) is 0 Å². The molecule has 0 amide bonds. The Balaban J connectivity index is 0.00000841. The monoisotopic (exact) mass is 455 g/mol. The molecule has 168 valence electrons. The summed E-state index contributed by atoms with van der Waals surface area (Å²) in [5.41, 5.74) is 0. The van der Waals surface area contributed by atoms with Crippen molar-refractivity contribution >= 4 is 21.7 Å². The quantitative estimate of drug-likeness (QED) is 0.0898. The number of aliphatic hydroxyl groups is 2. The molecule has 1 aliphatic heterocycles. The molecule has 0 radical (unpaired) electrons. The SMILES string of the molecule is CCCC/C=C/CCCCCC(=O)C1=[N+](CC(O)CS(=O)(=O)[O-])CCN1CCO.[Na+]. The number of hydrogen-bond acceptors (Lipinski definition) is 7. The first-order chi connectivity index (χ1) is 13.8. The molecule has 0 aromatic carbocycles. The number of unbranched alkanes of at least 4 members (excludes halogenated alkanes) is 5. The van der Waals surface area contributed by atoms with Crippen LogP contribution in [0.2, 0.25) is 0 Å². The van der Waals surface area contributed by atoms with Crippen LogP contribution in [-0.4, -0.2) is 88.9 Å². The third-order valence-electron chi connectivity index (χ3n) is 4.85. The van der Waals surface area contributed by atoms with Gasteiger partial charge in [-0.15, -0.1) is 0 Å². The number of nitrogens with zero attached hydrogens (tertiary/aromatic N) is 2. The maximum Gasteiger partial charge on any atom is 1.00 e. The molecule has 0 saturated heterocycles. The van der Waals surface area contributed by atoms with Gasteiger partial charge in [0.15, 0.2) is 0 Å². The number of Topliss-reactive ketones (excluding diaryl/α,β-unsaturated/α-hetero) is 1. The average molecular weight is 456 g/mol. The van der Waals surface area contributed by atoms with Crippen LogP contribution in [0.15, 0.2) is 12.2 Å². The van der Waals surface area contributed by atoms with E-state index in [1.165, 1.54) is 12.8 Å². The fraction of sp³-hybridized carbons (Fsp3) is 0.800. The molecule has 0 bridgehead atoms. The average Bonchev–Trinajstić information content (AvgIpc) is 3.01. The summed E-state index contributed by atoms with van der Waals surface area (Å²) in [6, 6.07) is 0. The minimum absolute atomic E-state index is 0. The van der Waals surface area contributed by atoms with Crippen LogP contribution in [0.1, 0.15) is 58.3 Å². The largest absolute Gasteiger partial charge is 1.00 e. The van der Waals surface area contributed by atoms with Crippen LogP contribution in [0, 0.1) is 0 Å². The summed E-state index contributed by atoms with van der Waals surface area (Å²) in [6.07, 6.45) is 10.7. The molecule has 8 nitrogen and oxygen atoms in total. The number of amidine groups is 1. The van der Waals surface area contributed by atoms with E-state index in [1.807, 2.05) is 0 Å². The first-order valence-electron chi connectivity index (χ1n) is 10.6. The smallest absolute Gasteiger partial charge is 0.748 e. The summed E-state index contributed by atoms with van der Waals surface area (Å²) < 4.78 is 34.2. The Kier molecular flexibility index (Phi) is 16.2. The zero-order chi connectivity index (χ0) is 21.7. The molecule has 0 saturated carbocycles. The van der Waals surface area contributed by atoms with Crippen molar-refractivity contribution in [1.29, 1.82) is 0 Å². The molecule has 0 aromatic heterocycles. The summed E-state index contributed by atoms with van der Waals surface area (Å²) in [6.45, 7) is 3.23. The predicted molar refractivity (Wildman–Crippen MR) is 111 cm³/mol. The van der Waals surface area contributed by atoms with Gasteiger partial charge in [-0.05, 0) is 25.7 Å². The van der Waals surface area contributed by atoms with Crippen LogP contribution < -0.4 is 29.6 Å². The van der Waals surface area contributed by atoms with Gasteiger partial charge in [-0.25, -0.2) is 8.42 Å². The van der Waals surface area contributed by atoms with E-state index < -0.39 is 22.0 Å². The van der Waals surface area contributed by atoms with E-state index in [4.69, 9.17) is 0 Å². The molecule has 1 rings (SSSR count). The van der Waals surface area contributed by atoms with Crippen molar-refractivity contribution in [3.63, 3.8) is 0 Å². The first kappa shape index (κ1) is 29.7. The minimum atomic E-state index is -4.54. The number of carbonyl (C=O) groups is 1. The van der Waals surface area contributed by atoms with Crippen LogP contribution in [0.25, 0.3) is 0 Å². The molecule has 1 atom stereocenters. The molecule has 2 N–H and O–H groups in total. The summed E-state index contributed by atoms with van der Waals surface area (Å²) in [5.74, 6) is -0.552. The summed E-state index contributed by atoms with van der Waals surface area (Å²) >= 11 is 0. The minimum Gasteiger partial charge on any atom is -0.748 e. The van der Waals surface area contributed by atoms with Crippen molar-refractivity contribution in [2.45, 2.75) is 64.4 Å².